The van der Waals surface area contributed by atoms with Gasteiger partial charge in [-0.25, -0.2) is 0 Å². The van der Waals surface area contributed by atoms with E-state index in [4.69, 9.17) is 10.8 Å². The molecular formula is C12H24N2O2. The standard InChI is InChI=1S/C12H24N2O2/c1-2-10(8-15)14-12(16)11-6-4-3-5-9(11)7-13/h9-11,15H,2-8,13H2,1H3,(H,14,16)/t9?,10-,11?/m0/s1. The van der Waals surface area contributed by atoms with Crippen molar-refractivity contribution in [1.82, 2.24) is 5.32 Å². The summed E-state index contributed by atoms with van der Waals surface area (Å²) in [6.45, 7) is 2.57. The van der Waals surface area contributed by atoms with Crippen molar-refractivity contribution in [3.8, 4) is 0 Å². The van der Waals surface area contributed by atoms with Crippen LogP contribution in [0.15, 0.2) is 0 Å². The van der Waals surface area contributed by atoms with Gasteiger partial charge in [0.05, 0.1) is 12.6 Å². The van der Waals surface area contributed by atoms with Crippen molar-refractivity contribution < 1.29 is 9.90 Å². The number of rotatable bonds is 5. The minimum Gasteiger partial charge on any atom is -0.394 e. The minimum atomic E-state index is -0.104. The predicted molar refractivity (Wildman–Crippen MR) is 63.8 cm³/mol. The fourth-order valence-corrected chi connectivity index (χ4v) is 2.42. The van der Waals surface area contributed by atoms with Crippen LogP contribution in [0, 0.1) is 11.8 Å². The maximum atomic E-state index is 12.0. The third kappa shape index (κ3) is 3.46. The lowest BCUT2D eigenvalue weighted by Gasteiger charge is -2.30. The normalized spacial score (nSPS) is 27.4. The van der Waals surface area contributed by atoms with Crippen LogP contribution in [0.3, 0.4) is 0 Å². The molecule has 3 atom stereocenters. The molecule has 0 heterocycles. The van der Waals surface area contributed by atoms with Crippen molar-refractivity contribution in [2.24, 2.45) is 17.6 Å². The second-order valence-electron chi connectivity index (χ2n) is 4.68. The van der Waals surface area contributed by atoms with E-state index >= 15 is 0 Å². The van der Waals surface area contributed by atoms with E-state index in [1.165, 1.54) is 6.42 Å². The number of hydrogen-bond donors (Lipinski definition) is 3. The van der Waals surface area contributed by atoms with Crippen molar-refractivity contribution >= 4 is 5.91 Å². The van der Waals surface area contributed by atoms with Gasteiger partial charge in [0, 0.05) is 5.92 Å². The number of nitrogens with one attached hydrogen (secondary N) is 1. The topological polar surface area (TPSA) is 75.3 Å². The predicted octanol–water partition coefficient (Wildman–Crippen LogP) is 0.639. The second kappa shape index (κ2) is 6.86. The van der Waals surface area contributed by atoms with E-state index in [0.717, 1.165) is 25.7 Å². The van der Waals surface area contributed by atoms with Gasteiger partial charge in [0.25, 0.3) is 0 Å². The SMILES string of the molecule is CC[C@@H](CO)NC(=O)C1CCCCC1CN. The summed E-state index contributed by atoms with van der Waals surface area (Å²) in [6, 6.07) is -0.104. The second-order valence-corrected chi connectivity index (χ2v) is 4.68. The summed E-state index contributed by atoms with van der Waals surface area (Å²) in [4.78, 5) is 12.0. The zero-order valence-corrected chi connectivity index (χ0v) is 10.1. The lowest BCUT2D eigenvalue weighted by atomic mass is 9.78. The molecule has 0 aromatic carbocycles. The fourth-order valence-electron chi connectivity index (χ4n) is 2.42. The van der Waals surface area contributed by atoms with E-state index < -0.39 is 0 Å². The van der Waals surface area contributed by atoms with E-state index in [1.807, 2.05) is 6.92 Å². The molecule has 0 saturated heterocycles. The molecule has 0 aromatic rings. The summed E-state index contributed by atoms with van der Waals surface area (Å²) in [6.07, 6.45) is 5.07. The van der Waals surface area contributed by atoms with E-state index in [2.05, 4.69) is 5.32 Å². The highest BCUT2D eigenvalue weighted by molar-refractivity contribution is 5.79. The molecular weight excluding hydrogens is 204 g/mol. The fraction of sp³-hybridized carbons (Fsp3) is 0.917. The lowest BCUT2D eigenvalue weighted by Crippen LogP contribution is -2.44. The average molecular weight is 228 g/mol. The Kier molecular flexibility index (Phi) is 5.77. The Morgan fingerprint density at radius 2 is 2.19 bits per heavy atom. The lowest BCUT2D eigenvalue weighted by molar-refractivity contribution is -0.128. The Morgan fingerprint density at radius 3 is 2.75 bits per heavy atom. The summed E-state index contributed by atoms with van der Waals surface area (Å²) >= 11 is 0. The number of nitrogens with two attached hydrogens (primary N) is 1. The van der Waals surface area contributed by atoms with Crippen LogP contribution in [0.1, 0.15) is 39.0 Å². The van der Waals surface area contributed by atoms with E-state index in [1.54, 1.807) is 0 Å². The third-order valence-electron chi connectivity index (χ3n) is 3.61. The maximum Gasteiger partial charge on any atom is 0.223 e. The Hall–Kier alpha value is -0.610. The van der Waals surface area contributed by atoms with Crippen LogP contribution in [0.25, 0.3) is 0 Å². The van der Waals surface area contributed by atoms with Gasteiger partial charge in [-0.15, -0.1) is 0 Å². The minimum absolute atomic E-state index is 0.0161. The van der Waals surface area contributed by atoms with Crippen molar-refractivity contribution in [2.45, 2.75) is 45.1 Å². The third-order valence-corrected chi connectivity index (χ3v) is 3.61. The molecule has 1 aliphatic carbocycles. The zero-order chi connectivity index (χ0) is 12.0. The van der Waals surface area contributed by atoms with Crippen LogP contribution in [-0.4, -0.2) is 30.2 Å². The Bertz CT molecular complexity index is 217. The van der Waals surface area contributed by atoms with E-state index in [9.17, 15) is 4.79 Å². The molecule has 16 heavy (non-hydrogen) atoms. The van der Waals surface area contributed by atoms with Gasteiger partial charge in [-0.05, 0) is 31.7 Å². The highest BCUT2D eigenvalue weighted by Gasteiger charge is 2.30. The monoisotopic (exact) mass is 228 g/mol. The maximum absolute atomic E-state index is 12.0. The molecule has 0 bridgehead atoms. The van der Waals surface area contributed by atoms with Crippen molar-refractivity contribution in [1.29, 1.82) is 0 Å². The van der Waals surface area contributed by atoms with Gasteiger partial charge in [-0.2, -0.15) is 0 Å². The molecule has 4 heteroatoms. The smallest absolute Gasteiger partial charge is 0.223 e. The summed E-state index contributed by atoms with van der Waals surface area (Å²) in [5.74, 6) is 0.459. The van der Waals surface area contributed by atoms with Gasteiger partial charge >= 0.3 is 0 Å². The highest BCUT2D eigenvalue weighted by atomic mass is 16.3. The first-order valence-corrected chi connectivity index (χ1v) is 6.34. The van der Waals surface area contributed by atoms with Gasteiger partial charge < -0.3 is 16.2 Å². The van der Waals surface area contributed by atoms with Crippen LogP contribution >= 0.6 is 0 Å². The van der Waals surface area contributed by atoms with Crippen LogP contribution in [0.2, 0.25) is 0 Å². The van der Waals surface area contributed by atoms with Crippen molar-refractivity contribution in [2.75, 3.05) is 13.2 Å². The molecule has 0 aromatic heterocycles. The van der Waals surface area contributed by atoms with E-state index in [-0.39, 0.29) is 24.5 Å². The molecule has 1 fully saturated rings. The molecule has 1 aliphatic rings. The van der Waals surface area contributed by atoms with Crippen molar-refractivity contribution in [3.05, 3.63) is 0 Å². The Morgan fingerprint density at radius 1 is 1.50 bits per heavy atom. The molecule has 4 nitrogen and oxygen atoms in total. The van der Waals surface area contributed by atoms with Gasteiger partial charge in [-0.3, -0.25) is 4.79 Å². The first-order valence-electron chi connectivity index (χ1n) is 6.34. The Balaban J connectivity index is 2.50. The number of aliphatic hydroxyl groups excluding tert-OH is 1. The number of aliphatic hydroxyl groups is 1. The van der Waals surface area contributed by atoms with Gasteiger partial charge in [0.15, 0.2) is 0 Å². The largest absolute Gasteiger partial charge is 0.394 e. The summed E-state index contributed by atoms with van der Waals surface area (Å²) in [5, 5.41) is 12.0. The molecule has 0 aliphatic heterocycles. The zero-order valence-electron chi connectivity index (χ0n) is 10.1. The van der Waals surface area contributed by atoms with Gasteiger partial charge in [0.1, 0.15) is 0 Å². The van der Waals surface area contributed by atoms with Crippen LogP contribution < -0.4 is 11.1 Å². The first-order chi connectivity index (χ1) is 7.72. The molecule has 4 N–H and O–H groups in total. The Labute approximate surface area is 97.6 Å². The molecule has 0 radical (unpaired) electrons. The van der Waals surface area contributed by atoms with Gasteiger partial charge in [0.2, 0.25) is 5.91 Å². The molecule has 94 valence electrons. The number of amides is 1. The van der Waals surface area contributed by atoms with Gasteiger partial charge in [-0.1, -0.05) is 19.8 Å². The van der Waals surface area contributed by atoms with E-state index in [0.29, 0.717) is 12.5 Å². The summed E-state index contributed by atoms with van der Waals surface area (Å²) in [7, 11) is 0. The van der Waals surface area contributed by atoms with Crippen LogP contribution in [0.4, 0.5) is 0 Å². The summed E-state index contributed by atoms with van der Waals surface area (Å²) < 4.78 is 0. The number of carbonyl (C=O) groups excluding carboxylic acids is 1. The average Bonchev–Trinajstić information content (AvgIpc) is 2.35. The molecule has 0 spiro atoms. The summed E-state index contributed by atoms with van der Waals surface area (Å²) in [5.41, 5.74) is 5.70. The highest BCUT2D eigenvalue weighted by Crippen LogP contribution is 2.29. The molecule has 1 rings (SSSR count). The van der Waals surface area contributed by atoms with Crippen LogP contribution in [-0.2, 0) is 4.79 Å². The molecule has 2 unspecified atom stereocenters. The number of hydrogen-bond acceptors (Lipinski definition) is 3. The van der Waals surface area contributed by atoms with Crippen molar-refractivity contribution in [3.63, 3.8) is 0 Å². The quantitative estimate of drug-likeness (QED) is 0.646. The first kappa shape index (κ1) is 13.5. The molecule has 1 saturated carbocycles. The number of carbonyl (C=O) groups is 1. The van der Waals surface area contributed by atoms with Crippen LogP contribution in [0.5, 0.6) is 0 Å². The molecule has 1 amide bonds.